The highest BCUT2D eigenvalue weighted by Gasteiger charge is 2.34. The average molecular weight is 647 g/mol. The molecule has 8 N–H and O–H groups in total. The van der Waals surface area contributed by atoms with E-state index in [1.807, 2.05) is 19.1 Å². The van der Waals surface area contributed by atoms with Crippen LogP contribution in [-0.2, 0) is 6.42 Å². The summed E-state index contributed by atoms with van der Waals surface area (Å²) in [6.45, 7) is 2.27. The number of aliphatic imine (C=N–C) groups is 1. The third kappa shape index (κ3) is 7.52. The molecular formula is C35H44ClFN8O. The molecule has 1 aliphatic heterocycles. The highest BCUT2D eigenvalue weighted by atomic mass is 35.5. The van der Waals surface area contributed by atoms with E-state index in [4.69, 9.17) is 33.8 Å². The Bertz CT molecular complexity index is 1760. The second kappa shape index (κ2) is 14.0. The molecule has 11 heteroatoms. The van der Waals surface area contributed by atoms with Gasteiger partial charge in [-0.25, -0.2) is 9.18 Å². The van der Waals surface area contributed by atoms with Crippen LogP contribution in [0.3, 0.4) is 0 Å². The summed E-state index contributed by atoms with van der Waals surface area (Å²) in [7, 11) is 0. The van der Waals surface area contributed by atoms with Gasteiger partial charge in [0.05, 0.1) is 29.0 Å². The van der Waals surface area contributed by atoms with Crippen molar-refractivity contribution in [1.29, 1.82) is 0 Å². The molecule has 9 nitrogen and oxygen atoms in total. The van der Waals surface area contributed by atoms with E-state index in [-0.39, 0.29) is 23.1 Å². The Labute approximate surface area is 273 Å². The van der Waals surface area contributed by atoms with Crippen LogP contribution in [0.2, 0.25) is 5.02 Å². The number of hydrogen-bond acceptors (Lipinski definition) is 6. The maximum Gasteiger partial charge on any atom is 0.354 e. The molecule has 0 radical (unpaired) electrons. The molecule has 3 heterocycles. The normalized spacial score (nSPS) is 20.2. The van der Waals surface area contributed by atoms with E-state index in [0.717, 1.165) is 50.5 Å². The Kier molecular flexibility index (Phi) is 9.89. The first kappa shape index (κ1) is 32.4. The minimum absolute atomic E-state index is 0.0610. The van der Waals surface area contributed by atoms with E-state index < -0.39 is 11.5 Å². The topological polar surface area (TPSA) is 153 Å². The number of fused-ring (bicyclic) bond motifs is 1. The Balaban J connectivity index is 1.19. The molecule has 1 aliphatic carbocycles. The zero-order valence-electron chi connectivity index (χ0n) is 26.3. The molecule has 1 saturated heterocycles. The van der Waals surface area contributed by atoms with Crippen LogP contribution in [0.1, 0.15) is 75.5 Å². The summed E-state index contributed by atoms with van der Waals surface area (Å²) in [6, 6.07) is 14.3. The predicted molar refractivity (Wildman–Crippen MR) is 184 cm³/mol. The summed E-state index contributed by atoms with van der Waals surface area (Å²) in [6.07, 6.45) is 10.9. The quantitative estimate of drug-likeness (QED) is 0.101. The molecule has 1 saturated carbocycles. The standard InChI is InChI=1S/C35H44ClFN8O/c1-20(39)4-2-5-21-14-27(33(37)28(36)15-21)31-16-24-19-45(35(46)44-34(24)43-31)26-12-10-22(11-13-26)29-7-3-6-25(41-29)17-30(23-8-9-23)42-32(40)18-38/h10-16,19-20,23,25,29-30,41H,2-9,17-18,38-39H2,1H3,(H2,40,42)(H,43,44,46)/t20-,25-,29-,30-/m0/s1. The molecule has 46 heavy (non-hydrogen) atoms. The number of aromatic amines is 1. The highest BCUT2D eigenvalue weighted by Crippen LogP contribution is 2.38. The summed E-state index contributed by atoms with van der Waals surface area (Å²) in [5.74, 6) is 0.640. The molecule has 0 bridgehead atoms. The zero-order valence-corrected chi connectivity index (χ0v) is 27.1. The Morgan fingerprint density at radius 3 is 2.67 bits per heavy atom. The Hall–Kier alpha value is -3.57. The maximum absolute atomic E-state index is 15.2. The number of H-pyrrole nitrogens is 1. The van der Waals surface area contributed by atoms with Gasteiger partial charge < -0.3 is 27.5 Å². The number of aryl methyl sites for hydroxylation is 1. The van der Waals surface area contributed by atoms with Crippen LogP contribution in [0.15, 0.2) is 58.4 Å². The lowest BCUT2D eigenvalue weighted by Gasteiger charge is -2.33. The van der Waals surface area contributed by atoms with Gasteiger partial charge in [-0.05, 0) is 106 Å². The van der Waals surface area contributed by atoms with Crippen molar-refractivity contribution in [2.45, 2.75) is 88.9 Å². The van der Waals surface area contributed by atoms with Crippen LogP contribution in [0.4, 0.5) is 4.39 Å². The van der Waals surface area contributed by atoms with Crippen molar-refractivity contribution in [3.8, 4) is 16.9 Å². The van der Waals surface area contributed by atoms with Gasteiger partial charge >= 0.3 is 5.69 Å². The zero-order chi connectivity index (χ0) is 32.4. The number of rotatable bonds is 12. The molecule has 0 spiro atoms. The van der Waals surface area contributed by atoms with Crippen LogP contribution >= 0.6 is 11.6 Å². The number of hydrogen-bond donors (Lipinski definition) is 5. The highest BCUT2D eigenvalue weighted by molar-refractivity contribution is 6.31. The molecule has 2 aromatic heterocycles. The van der Waals surface area contributed by atoms with E-state index in [1.54, 1.807) is 24.4 Å². The minimum atomic E-state index is -0.510. The third-order valence-electron chi connectivity index (χ3n) is 9.30. The Morgan fingerprint density at radius 1 is 1.17 bits per heavy atom. The van der Waals surface area contributed by atoms with Gasteiger partial charge in [0.15, 0.2) is 5.82 Å². The molecule has 244 valence electrons. The number of piperidine rings is 1. The number of halogens is 2. The lowest BCUT2D eigenvalue weighted by molar-refractivity contribution is 0.293. The SMILES string of the molecule is C[C@H](N)CCCc1cc(Cl)c(F)c(-c2cc3cn(-c4ccc([C@@H]5CCC[C@@H](C[C@H](N=C(N)CN)C6CC6)N5)cc4)c(=O)nc3[nH]2)c1. The maximum atomic E-state index is 15.2. The number of nitrogens with zero attached hydrogens (tertiary/aromatic N) is 3. The van der Waals surface area contributed by atoms with Gasteiger partial charge in [0.2, 0.25) is 0 Å². The first-order chi connectivity index (χ1) is 22.2. The van der Waals surface area contributed by atoms with Gasteiger partial charge in [-0.15, -0.1) is 0 Å². The fourth-order valence-electron chi connectivity index (χ4n) is 6.66. The van der Waals surface area contributed by atoms with Gasteiger partial charge in [-0.2, -0.15) is 4.98 Å². The summed E-state index contributed by atoms with van der Waals surface area (Å²) in [5, 5.41) is 4.60. The van der Waals surface area contributed by atoms with Crippen molar-refractivity contribution in [3.63, 3.8) is 0 Å². The third-order valence-corrected chi connectivity index (χ3v) is 9.58. The van der Waals surface area contributed by atoms with Gasteiger partial charge in [0.1, 0.15) is 11.5 Å². The molecule has 0 amide bonds. The number of aromatic nitrogens is 3. The molecule has 4 atom stereocenters. The monoisotopic (exact) mass is 646 g/mol. The van der Waals surface area contributed by atoms with Crippen molar-refractivity contribution in [3.05, 3.63) is 81.1 Å². The second-order valence-electron chi connectivity index (χ2n) is 13.1. The summed E-state index contributed by atoms with van der Waals surface area (Å²) in [4.78, 5) is 25.2. The second-order valence-corrected chi connectivity index (χ2v) is 13.5. The lowest BCUT2D eigenvalue weighted by Crippen LogP contribution is -2.39. The molecule has 2 fully saturated rings. The smallest absolute Gasteiger partial charge is 0.354 e. The van der Waals surface area contributed by atoms with Crippen molar-refractivity contribution >= 4 is 28.5 Å². The van der Waals surface area contributed by atoms with Gasteiger partial charge in [0, 0.05) is 35.3 Å². The first-order valence-electron chi connectivity index (χ1n) is 16.4. The average Bonchev–Trinajstić information content (AvgIpc) is 3.81. The molecule has 6 rings (SSSR count). The van der Waals surface area contributed by atoms with Crippen LogP contribution in [0.25, 0.3) is 28.0 Å². The first-order valence-corrected chi connectivity index (χ1v) is 16.8. The molecule has 2 aromatic carbocycles. The minimum Gasteiger partial charge on any atom is -0.386 e. The van der Waals surface area contributed by atoms with Crippen molar-refractivity contribution in [2.24, 2.45) is 28.1 Å². The predicted octanol–water partition coefficient (Wildman–Crippen LogP) is 5.51. The Morgan fingerprint density at radius 2 is 1.96 bits per heavy atom. The fraction of sp³-hybridized carbons (Fsp3) is 0.457. The lowest BCUT2D eigenvalue weighted by atomic mass is 9.89. The van der Waals surface area contributed by atoms with Crippen molar-refractivity contribution in [2.75, 3.05) is 6.54 Å². The fourth-order valence-corrected chi connectivity index (χ4v) is 6.90. The number of nitrogens with two attached hydrogens (primary N) is 3. The molecular weight excluding hydrogens is 603 g/mol. The number of nitrogens with one attached hydrogen (secondary N) is 2. The van der Waals surface area contributed by atoms with E-state index in [2.05, 4.69) is 27.4 Å². The molecule has 2 aliphatic rings. The van der Waals surface area contributed by atoms with E-state index >= 15 is 4.39 Å². The number of amidine groups is 1. The van der Waals surface area contributed by atoms with Gasteiger partial charge in [-0.1, -0.05) is 30.2 Å². The van der Waals surface area contributed by atoms with Crippen LogP contribution in [0.5, 0.6) is 0 Å². The summed E-state index contributed by atoms with van der Waals surface area (Å²) < 4.78 is 16.7. The van der Waals surface area contributed by atoms with Gasteiger partial charge in [0.25, 0.3) is 0 Å². The van der Waals surface area contributed by atoms with E-state index in [1.165, 1.54) is 23.0 Å². The van der Waals surface area contributed by atoms with Crippen molar-refractivity contribution < 1.29 is 4.39 Å². The molecule has 0 unspecified atom stereocenters. The summed E-state index contributed by atoms with van der Waals surface area (Å²) >= 11 is 6.28. The number of benzene rings is 2. The van der Waals surface area contributed by atoms with E-state index in [9.17, 15) is 4.79 Å². The summed E-state index contributed by atoms with van der Waals surface area (Å²) in [5.41, 5.74) is 21.2. The largest absolute Gasteiger partial charge is 0.386 e. The van der Waals surface area contributed by atoms with Gasteiger partial charge in [-0.3, -0.25) is 9.56 Å². The van der Waals surface area contributed by atoms with E-state index in [0.29, 0.717) is 52.3 Å². The van der Waals surface area contributed by atoms with Crippen LogP contribution in [0, 0.1) is 11.7 Å². The molecule has 4 aromatic rings. The van der Waals surface area contributed by atoms with Crippen LogP contribution in [-0.4, -0.2) is 45.0 Å². The van der Waals surface area contributed by atoms with Crippen molar-refractivity contribution in [1.82, 2.24) is 19.9 Å². The van der Waals surface area contributed by atoms with Crippen LogP contribution < -0.4 is 28.2 Å².